The molecule has 190 valence electrons. The number of aromatic nitrogens is 5. The summed E-state index contributed by atoms with van der Waals surface area (Å²) in [7, 11) is 0. The first-order valence-electron chi connectivity index (χ1n) is 11.7. The molecule has 0 radical (unpaired) electrons. The quantitative estimate of drug-likeness (QED) is 0.335. The molecule has 1 aliphatic heterocycles. The third-order valence-corrected chi connectivity index (χ3v) is 6.91. The lowest BCUT2D eigenvalue weighted by Gasteiger charge is -2.27. The van der Waals surface area contributed by atoms with Crippen molar-refractivity contribution in [3.05, 3.63) is 60.5 Å². The van der Waals surface area contributed by atoms with Gasteiger partial charge in [-0.3, -0.25) is 9.59 Å². The van der Waals surface area contributed by atoms with Crippen LogP contribution in [0.5, 0.6) is 0 Å². The normalized spacial score (nSPS) is 15.8. The molecule has 2 aromatic heterocycles. The number of fused-ring (bicyclic) bond motifs is 1. The zero-order valence-electron chi connectivity index (χ0n) is 20.3. The van der Waals surface area contributed by atoms with Gasteiger partial charge in [-0.2, -0.15) is 5.21 Å². The number of oxazole rings is 1. The van der Waals surface area contributed by atoms with Crippen molar-refractivity contribution in [1.82, 2.24) is 30.9 Å². The summed E-state index contributed by atoms with van der Waals surface area (Å²) in [6.07, 6.45) is 1.46. The van der Waals surface area contributed by atoms with Gasteiger partial charge in [0.15, 0.2) is 17.8 Å². The minimum atomic E-state index is -0.668. The summed E-state index contributed by atoms with van der Waals surface area (Å²) in [4.78, 5) is 33.2. The highest BCUT2D eigenvalue weighted by Gasteiger charge is 2.32. The Morgan fingerprint density at radius 3 is 2.76 bits per heavy atom. The zero-order valence-corrected chi connectivity index (χ0v) is 21.2. The second kappa shape index (κ2) is 10.1. The van der Waals surface area contributed by atoms with Crippen LogP contribution in [0, 0.1) is 0 Å². The molecule has 0 saturated carbocycles. The van der Waals surface area contributed by atoms with E-state index in [2.05, 4.69) is 30.9 Å². The number of hydrogen-bond donors (Lipinski definition) is 3. The number of rotatable bonds is 7. The SMILES string of the molecule is CC(C)(N)CC(=O)N[C@@H]1CSc2ccccc2N(Cc2ccc(-c3ocnc3-c3nn[nH]n3)cc2)C1=O. The van der Waals surface area contributed by atoms with E-state index in [-0.39, 0.29) is 18.2 Å². The number of nitrogens with one attached hydrogen (secondary N) is 2. The number of H-pyrrole nitrogens is 1. The third kappa shape index (κ3) is 5.54. The number of carbonyl (C=O) groups is 2. The number of nitrogens with two attached hydrogens (primary N) is 1. The topological polar surface area (TPSA) is 156 Å². The van der Waals surface area contributed by atoms with E-state index < -0.39 is 11.6 Å². The lowest BCUT2D eigenvalue weighted by atomic mass is 10.0. The monoisotopic (exact) mass is 518 g/mol. The van der Waals surface area contributed by atoms with Gasteiger partial charge < -0.3 is 20.4 Å². The van der Waals surface area contributed by atoms with Crippen LogP contribution in [0.1, 0.15) is 25.8 Å². The van der Waals surface area contributed by atoms with Crippen molar-refractivity contribution in [2.45, 2.75) is 43.3 Å². The van der Waals surface area contributed by atoms with Crippen molar-refractivity contribution in [1.29, 1.82) is 0 Å². The Morgan fingerprint density at radius 2 is 2.03 bits per heavy atom. The predicted molar refractivity (Wildman–Crippen MR) is 138 cm³/mol. The van der Waals surface area contributed by atoms with E-state index in [0.717, 1.165) is 21.7 Å². The van der Waals surface area contributed by atoms with Gasteiger partial charge in [-0.15, -0.1) is 22.0 Å². The first-order chi connectivity index (χ1) is 17.8. The second-order valence-electron chi connectivity index (χ2n) is 9.45. The maximum absolute atomic E-state index is 13.7. The Kier molecular flexibility index (Phi) is 6.76. The van der Waals surface area contributed by atoms with E-state index >= 15 is 0 Å². The van der Waals surface area contributed by atoms with Gasteiger partial charge in [0.05, 0.1) is 12.2 Å². The van der Waals surface area contributed by atoms with Gasteiger partial charge in [-0.1, -0.05) is 36.4 Å². The van der Waals surface area contributed by atoms with E-state index in [1.165, 1.54) is 6.39 Å². The molecule has 0 bridgehead atoms. The Bertz CT molecular complexity index is 1400. The fraction of sp³-hybridized carbons (Fsp3) is 0.280. The maximum Gasteiger partial charge on any atom is 0.250 e. The minimum Gasteiger partial charge on any atom is -0.443 e. The number of benzene rings is 2. The van der Waals surface area contributed by atoms with Crippen LogP contribution in [0.4, 0.5) is 5.69 Å². The van der Waals surface area contributed by atoms with Crippen molar-refractivity contribution in [2.24, 2.45) is 5.73 Å². The molecule has 0 unspecified atom stereocenters. The van der Waals surface area contributed by atoms with Gasteiger partial charge >= 0.3 is 0 Å². The highest BCUT2D eigenvalue weighted by atomic mass is 32.2. The highest BCUT2D eigenvalue weighted by molar-refractivity contribution is 7.99. The summed E-state index contributed by atoms with van der Waals surface area (Å²) >= 11 is 1.55. The molecule has 0 saturated heterocycles. The van der Waals surface area contributed by atoms with Gasteiger partial charge in [0, 0.05) is 28.2 Å². The highest BCUT2D eigenvalue weighted by Crippen LogP contribution is 2.35. The Morgan fingerprint density at radius 1 is 1.24 bits per heavy atom. The molecule has 1 atom stereocenters. The molecule has 0 spiro atoms. The number of nitrogens with zero attached hydrogens (tertiary/aromatic N) is 5. The minimum absolute atomic E-state index is 0.128. The summed E-state index contributed by atoms with van der Waals surface area (Å²) in [6.45, 7) is 3.90. The molecule has 2 amide bonds. The molecule has 3 heterocycles. The average molecular weight is 519 g/mol. The van der Waals surface area contributed by atoms with Crippen LogP contribution >= 0.6 is 11.8 Å². The van der Waals surface area contributed by atoms with Crippen molar-refractivity contribution >= 4 is 29.3 Å². The number of hydrogen-bond acceptors (Lipinski definition) is 9. The molecule has 4 N–H and O–H groups in total. The molecule has 37 heavy (non-hydrogen) atoms. The predicted octanol–water partition coefficient (Wildman–Crippen LogP) is 2.77. The van der Waals surface area contributed by atoms with Crippen molar-refractivity contribution in [3.63, 3.8) is 0 Å². The van der Waals surface area contributed by atoms with Crippen LogP contribution < -0.4 is 16.0 Å². The maximum atomic E-state index is 13.7. The molecular formula is C25H26N8O3S. The number of carbonyl (C=O) groups excluding carboxylic acids is 2. The third-order valence-electron chi connectivity index (χ3n) is 5.76. The van der Waals surface area contributed by atoms with E-state index in [9.17, 15) is 9.59 Å². The van der Waals surface area contributed by atoms with Gasteiger partial charge in [-0.25, -0.2) is 4.98 Å². The smallest absolute Gasteiger partial charge is 0.250 e. The standard InChI is InChI=1S/C25H26N8O3S/c1-25(2,26)11-20(34)28-17-13-37-19-6-4-3-5-18(19)33(24(17)35)12-15-7-9-16(10-8-15)22-21(27-14-36-22)23-29-31-32-30-23/h3-10,14,17H,11-13,26H2,1-2H3,(H,28,34)(H,29,30,31,32)/t17-/m1/s1. The van der Waals surface area contributed by atoms with E-state index in [4.69, 9.17) is 10.2 Å². The fourth-order valence-electron chi connectivity index (χ4n) is 4.10. The molecule has 1 aliphatic rings. The summed E-state index contributed by atoms with van der Waals surface area (Å²) < 4.78 is 5.58. The lowest BCUT2D eigenvalue weighted by molar-refractivity contribution is -0.127. The Hall–Kier alpha value is -4.03. The van der Waals surface area contributed by atoms with Crippen molar-refractivity contribution < 1.29 is 14.0 Å². The number of anilines is 1. The van der Waals surface area contributed by atoms with Gasteiger partial charge in [0.1, 0.15) is 6.04 Å². The summed E-state index contributed by atoms with van der Waals surface area (Å²) in [5.74, 6) is 0.881. The molecule has 11 nitrogen and oxygen atoms in total. The average Bonchev–Trinajstić information content (AvgIpc) is 3.54. The van der Waals surface area contributed by atoms with E-state index in [0.29, 0.717) is 29.6 Å². The summed E-state index contributed by atoms with van der Waals surface area (Å²) in [6, 6.07) is 14.7. The van der Waals surface area contributed by atoms with Gasteiger partial charge in [-0.05, 0) is 36.8 Å². The summed E-state index contributed by atoms with van der Waals surface area (Å²) in [5, 5.41) is 16.8. The molecule has 2 aromatic carbocycles. The molecular weight excluding hydrogens is 492 g/mol. The van der Waals surface area contributed by atoms with Crippen LogP contribution in [0.2, 0.25) is 0 Å². The molecule has 0 fully saturated rings. The Balaban J connectivity index is 1.39. The van der Waals surface area contributed by atoms with Crippen LogP contribution in [-0.2, 0) is 16.1 Å². The summed E-state index contributed by atoms with van der Waals surface area (Å²) in [5.41, 5.74) is 8.33. The molecule has 0 aliphatic carbocycles. The second-order valence-corrected chi connectivity index (χ2v) is 10.5. The Labute approximate surface area is 217 Å². The number of amides is 2. The van der Waals surface area contributed by atoms with Crippen LogP contribution in [0.15, 0.2) is 64.2 Å². The van der Waals surface area contributed by atoms with Gasteiger partial charge in [0.2, 0.25) is 11.7 Å². The van der Waals surface area contributed by atoms with Crippen molar-refractivity contribution in [3.8, 4) is 22.8 Å². The van der Waals surface area contributed by atoms with Gasteiger partial charge in [0.25, 0.3) is 5.91 Å². The van der Waals surface area contributed by atoms with E-state index in [1.54, 1.807) is 30.5 Å². The largest absolute Gasteiger partial charge is 0.443 e. The molecule has 5 rings (SSSR count). The lowest BCUT2D eigenvalue weighted by Crippen LogP contribution is -2.51. The number of aromatic amines is 1. The van der Waals surface area contributed by atoms with E-state index in [1.807, 2.05) is 48.5 Å². The van der Waals surface area contributed by atoms with Crippen LogP contribution in [0.25, 0.3) is 22.8 Å². The number of para-hydroxylation sites is 1. The molecule has 4 aromatic rings. The van der Waals surface area contributed by atoms with Crippen molar-refractivity contribution in [2.75, 3.05) is 10.7 Å². The fourth-order valence-corrected chi connectivity index (χ4v) is 5.17. The zero-order chi connectivity index (χ0) is 26.0. The number of tetrazole rings is 1. The van der Waals surface area contributed by atoms with Crippen LogP contribution in [0.3, 0.4) is 0 Å². The first-order valence-corrected chi connectivity index (χ1v) is 12.6. The number of thioether (sulfide) groups is 1. The van der Waals surface area contributed by atoms with Crippen LogP contribution in [-0.4, -0.2) is 54.8 Å². The first kappa shape index (κ1) is 24.7. The molecule has 12 heteroatoms.